The molecule has 0 saturated carbocycles. The van der Waals surface area contributed by atoms with E-state index in [1.165, 1.54) is 12.3 Å². The molecule has 0 amide bonds. The number of aryl methyl sites for hydroxylation is 1. The minimum Gasteiger partial charge on any atom is -0.413 e. The first kappa shape index (κ1) is 14.4. The summed E-state index contributed by atoms with van der Waals surface area (Å²) in [5, 5.41) is 12.3. The molecule has 0 bridgehead atoms. The fraction of sp³-hybridized carbons (Fsp3) is 0.125. The van der Waals surface area contributed by atoms with Crippen LogP contribution >= 0.6 is 0 Å². The number of rotatable bonds is 3. The van der Waals surface area contributed by atoms with E-state index < -0.39 is 6.55 Å². The van der Waals surface area contributed by atoms with Gasteiger partial charge in [-0.15, -0.1) is 10.2 Å². The quantitative estimate of drug-likeness (QED) is 0.571. The van der Waals surface area contributed by atoms with Crippen LogP contribution in [0.25, 0.3) is 34.1 Å². The van der Waals surface area contributed by atoms with Crippen LogP contribution in [0.15, 0.2) is 47.0 Å². The van der Waals surface area contributed by atoms with E-state index in [0.29, 0.717) is 10.4 Å². The van der Waals surface area contributed by atoms with Crippen molar-refractivity contribution in [2.75, 3.05) is 0 Å². The Hall–Kier alpha value is -3.16. The van der Waals surface area contributed by atoms with Gasteiger partial charge >= 0.3 is 6.55 Å². The van der Waals surface area contributed by atoms with Gasteiger partial charge < -0.3 is 4.42 Å². The van der Waals surface area contributed by atoms with E-state index in [0.717, 1.165) is 16.5 Å². The van der Waals surface area contributed by atoms with Crippen LogP contribution in [-0.2, 0) is 0 Å². The first-order chi connectivity index (χ1) is 11.6. The number of halogens is 2. The van der Waals surface area contributed by atoms with Crippen LogP contribution in [-0.4, -0.2) is 25.0 Å². The predicted molar refractivity (Wildman–Crippen MR) is 82.2 cm³/mol. The number of hydrogen-bond acceptors (Lipinski definition) is 5. The highest BCUT2D eigenvalue weighted by Gasteiger charge is 2.19. The van der Waals surface area contributed by atoms with Gasteiger partial charge in [0, 0.05) is 11.6 Å². The molecule has 6 nitrogen and oxygen atoms in total. The molecule has 4 aromatic rings. The summed E-state index contributed by atoms with van der Waals surface area (Å²) in [6.07, 6.45) is 1.25. The van der Waals surface area contributed by atoms with E-state index in [2.05, 4.69) is 20.3 Å². The third kappa shape index (κ3) is 2.41. The van der Waals surface area contributed by atoms with Crippen molar-refractivity contribution >= 4 is 10.9 Å². The summed E-state index contributed by atoms with van der Waals surface area (Å²) in [7, 11) is 0. The van der Waals surface area contributed by atoms with E-state index in [-0.39, 0.29) is 17.5 Å². The van der Waals surface area contributed by atoms with Gasteiger partial charge in [0.05, 0.1) is 5.52 Å². The molecule has 0 unspecified atom stereocenters. The van der Waals surface area contributed by atoms with Crippen molar-refractivity contribution in [1.82, 2.24) is 25.0 Å². The summed E-state index contributed by atoms with van der Waals surface area (Å²) >= 11 is 0. The summed E-state index contributed by atoms with van der Waals surface area (Å²) in [4.78, 5) is 4.47. The van der Waals surface area contributed by atoms with Crippen molar-refractivity contribution in [3.63, 3.8) is 0 Å². The van der Waals surface area contributed by atoms with Crippen LogP contribution in [0, 0.1) is 6.92 Å². The fourth-order valence-corrected chi connectivity index (χ4v) is 2.43. The zero-order valence-electron chi connectivity index (χ0n) is 12.5. The van der Waals surface area contributed by atoms with Crippen molar-refractivity contribution in [1.29, 1.82) is 0 Å². The zero-order valence-corrected chi connectivity index (χ0v) is 12.5. The molecule has 3 heterocycles. The predicted octanol–water partition coefficient (Wildman–Crippen LogP) is 3.85. The minimum atomic E-state index is -2.78. The highest BCUT2D eigenvalue weighted by atomic mass is 19.3. The van der Waals surface area contributed by atoms with Crippen molar-refractivity contribution in [3.8, 4) is 23.2 Å². The summed E-state index contributed by atoms with van der Waals surface area (Å²) in [6, 6.07) is 10.9. The molecule has 3 aromatic heterocycles. The summed E-state index contributed by atoms with van der Waals surface area (Å²) in [5.41, 5.74) is 2.46. The molecule has 1 aromatic carbocycles. The molecule has 8 heteroatoms. The second-order valence-corrected chi connectivity index (χ2v) is 5.24. The Morgan fingerprint density at radius 1 is 1.04 bits per heavy atom. The van der Waals surface area contributed by atoms with Gasteiger partial charge in [-0.2, -0.15) is 18.6 Å². The molecule has 0 N–H and O–H groups in total. The topological polar surface area (TPSA) is 69.6 Å². The van der Waals surface area contributed by atoms with Crippen LogP contribution in [0.3, 0.4) is 0 Å². The number of benzene rings is 1. The maximum absolute atomic E-state index is 12.9. The maximum Gasteiger partial charge on any atom is 0.333 e. The normalized spacial score (nSPS) is 11.5. The third-order valence-corrected chi connectivity index (χ3v) is 3.56. The molecule has 0 aliphatic rings. The molecule has 0 radical (unpaired) electrons. The Morgan fingerprint density at radius 3 is 2.71 bits per heavy atom. The molecule has 0 saturated heterocycles. The van der Waals surface area contributed by atoms with Gasteiger partial charge in [-0.25, -0.2) is 4.98 Å². The Kier molecular flexibility index (Phi) is 3.30. The molecule has 0 fully saturated rings. The number of aromatic nitrogens is 5. The van der Waals surface area contributed by atoms with Gasteiger partial charge in [-0.3, -0.25) is 0 Å². The van der Waals surface area contributed by atoms with Crippen molar-refractivity contribution in [3.05, 3.63) is 48.2 Å². The molecule has 0 aliphatic carbocycles. The number of pyridine rings is 1. The lowest BCUT2D eigenvalue weighted by atomic mass is 10.1. The van der Waals surface area contributed by atoms with Crippen molar-refractivity contribution in [2.24, 2.45) is 0 Å². The Bertz CT molecular complexity index is 1020. The molecular weight excluding hydrogens is 316 g/mol. The minimum absolute atomic E-state index is 0.0337. The lowest BCUT2D eigenvalue weighted by molar-refractivity contribution is 0.0580. The standard InChI is InChI=1S/C16H11F2N5O/c1-9-2-4-11-10(8-9)3-5-12(20-11)14-21-22-15(24-14)13-6-7-19-23(13)16(17)18/h2-8,16H,1H3. The summed E-state index contributed by atoms with van der Waals surface area (Å²) in [5.74, 6) is 0.128. The van der Waals surface area contributed by atoms with E-state index in [4.69, 9.17) is 4.42 Å². The van der Waals surface area contributed by atoms with Gasteiger partial charge in [0.25, 0.3) is 11.8 Å². The monoisotopic (exact) mass is 327 g/mol. The smallest absolute Gasteiger partial charge is 0.333 e. The Labute approximate surface area is 134 Å². The molecule has 24 heavy (non-hydrogen) atoms. The van der Waals surface area contributed by atoms with E-state index >= 15 is 0 Å². The van der Waals surface area contributed by atoms with E-state index in [9.17, 15) is 8.78 Å². The Balaban J connectivity index is 1.74. The van der Waals surface area contributed by atoms with Gasteiger partial charge in [0.1, 0.15) is 11.4 Å². The van der Waals surface area contributed by atoms with Crippen molar-refractivity contribution in [2.45, 2.75) is 13.5 Å². The summed E-state index contributed by atoms with van der Waals surface area (Å²) in [6.45, 7) is -0.781. The molecule has 0 atom stereocenters. The molecule has 0 spiro atoms. The first-order valence-corrected chi connectivity index (χ1v) is 7.15. The summed E-state index contributed by atoms with van der Waals surface area (Å²) < 4.78 is 31.8. The van der Waals surface area contributed by atoms with Crippen LogP contribution in [0.5, 0.6) is 0 Å². The molecule has 120 valence electrons. The number of fused-ring (bicyclic) bond motifs is 1. The van der Waals surface area contributed by atoms with E-state index in [1.807, 2.05) is 31.2 Å². The highest BCUT2D eigenvalue weighted by Crippen LogP contribution is 2.26. The molecule has 4 rings (SSSR count). The average Bonchev–Trinajstić information content (AvgIpc) is 3.23. The lowest BCUT2D eigenvalue weighted by Gasteiger charge is -2.02. The van der Waals surface area contributed by atoms with Gasteiger partial charge in [0.2, 0.25) is 0 Å². The van der Waals surface area contributed by atoms with Crippen LogP contribution in [0.1, 0.15) is 12.1 Å². The maximum atomic E-state index is 12.9. The van der Waals surface area contributed by atoms with Crippen LogP contribution in [0.4, 0.5) is 8.78 Å². The SMILES string of the molecule is Cc1ccc2nc(-c3nnc(-c4ccnn4C(F)F)o3)ccc2c1. The first-order valence-electron chi connectivity index (χ1n) is 7.15. The number of nitrogens with zero attached hydrogens (tertiary/aromatic N) is 5. The Morgan fingerprint density at radius 2 is 1.88 bits per heavy atom. The third-order valence-electron chi connectivity index (χ3n) is 3.56. The van der Waals surface area contributed by atoms with E-state index in [1.54, 1.807) is 6.07 Å². The number of alkyl halides is 2. The largest absolute Gasteiger partial charge is 0.413 e. The van der Waals surface area contributed by atoms with Gasteiger partial charge in [-0.1, -0.05) is 17.7 Å². The fourth-order valence-electron chi connectivity index (χ4n) is 2.43. The zero-order chi connectivity index (χ0) is 16.7. The van der Waals surface area contributed by atoms with Gasteiger partial charge in [0.15, 0.2) is 0 Å². The average molecular weight is 327 g/mol. The van der Waals surface area contributed by atoms with Crippen LogP contribution < -0.4 is 0 Å². The van der Waals surface area contributed by atoms with Crippen molar-refractivity contribution < 1.29 is 13.2 Å². The van der Waals surface area contributed by atoms with Crippen LogP contribution in [0.2, 0.25) is 0 Å². The molecule has 0 aliphatic heterocycles. The van der Waals surface area contributed by atoms with Gasteiger partial charge in [-0.05, 0) is 31.2 Å². The number of hydrogen-bond donors (Lipinski definition) is 0. The second kappa shape index (κ2) is 5.48. The highest BCUT2D eigenvalue weighted by molar-refractivity contribution is 5.81. The second-order valence-electron chi connectivity index (χ2n) is 5.24. The lowest BCUT2D eigenvalue weighted by Crippen LogP contribution is -2.02. The molecular formula is C16H11F2N5O.